The van der Waals surface area contributed by atoms with E-state index in [1.54, 1.807) is 0 Å². The van der Waals surface area contributed by atoms with E-state index in [1.165, 1.54) is 14.2 Å². The molecule has 5 heteroatoms. The number of hydrogen-bond donors (Lipinski definition) is 2. The minimum absolute atomic E-state index is 0.0310. The summed E-state index contributed by atoms with van der Waals surface area (Å²) < 4.78 is 9.95. The first-order valence-corrected chi connectivity index (χ1v) is 5.82. The lowest BCUT2D eigenvalue weighted by Crippen LogP contribution is -2.34. The molecular formula is C13H20N2O3. The van der Waals surface area contributed by atoms with Gasteiger partial charge in [-0.2, -0.15) is 0 Å². The Morgan fingerprint density at radius 2 is 2.11 bits per heavy atom. The number of nitrogens with two attached hydrogens (primary N) is 1. The van der Waals surface area contributed by atoms with Crippen molar-refractivity contribution < 1.29 is 14.3 Å². The molecule has 1 rings (SSSR count). The highest BCUT2D eigenvalue weighted by Gasteiger charge is 2.07. The number of hydrogen-bond acceptors (Lipinski definition) is 4. The fourth-order valence-corrected chi connectivity index (χ4v) is 1.55. The first kappa shape index (κ1) is 14.5. The molecule has 0 spiro atoms. The van der Waals surface area contributed by atoms with Crippen molar-refractivity contribution in [2.24, 2.45) is 0 Å². The Balaban J connectivity index is 2.29. The van der Waals surface area contributed by atoms with Crippen LogP contribution in [0.5, 0.6) is 0 Å². The van der Waals surface area contributed by atoms with Gasteiger partial charge in [-0.1, -0.05) is 12.1 Å². The molecule has 0 saturated heterocycles. The van der Waals surface area contributed by atoms with Crippen LogP contribution in [-0.4, -0.2) is 33.0 Å². The van der Waals surface area contributed by atoms with Gasteiger partial charge in [-0.05, 0) is 24.1 Å². The smallest absolute Gasteiger partial charge is 0.220 e. The summed E-state index contributed by atoms with van der Waals surface area (Å²) in [6.45, 7) is 0.350. The van der Waals surface area contributed by atoms with Crippen molar-refractivity contribution in [2.45, 2.75) is 19.1 Å². The highest BCUT2D eigenvalue weighted by Crippen LogP contribution is 2.08. The number of aryl methyl sites for hydroxylation is 1. The number of rotatable bonds is 7. The van der Waals surface area contributed by atoms with Gasteiger partial charge >= 0.3 is 0 Å². The van der Waals surface area contributed by atoms with Crippen molar-refractivity contribution >= 4 is 11.6 Å². The Hall–Kier alpha value is -1.59. The van der Waals surface area contributed by atoms with Crippen molar-refractivity contribution in [1.29, 1.82) is 0 Å². The summed E-state index contributed by atoms with van der Waals surface area (Å²) in [5, 5.41) is 2.75. The van der Waals surface area contributed by atoms with E-state index in [4.69, 9.17) is 15.2 Å². The standard InChI is InChI=1S/C13H20N2O3/c1-17-13(18-2)9-15-12(16)7-6-10-4-3-5-11(14)8-10/h3-5,8,13H,6-7,9,14H2,1-2H3,(H,15,16). The van der Waals surface area contributed by atoms with Crippen LogP contribution in [0.2, 0.25) is 0 Å². The second kappa shape index (κ2) is 7.68. The summed E-state index contributed by atoms with van der Waals surface area (Å²) in [6.07, 6.45) is 0.687. The number of carbonyl (C=O) groups excluding carboxylic acids is 1. The van der Waals surface area contributed by atoms with Crippen LogP contribution >= 0.6 is 0 Å². The predicted octanol–water partition coefficient (Wildman–Crippen LogP) is 0.936. The monoisotopic (exact) mass is 252 g/mol. The molecule has 0 aliphatic heterocycles. The van der Waals surface area contributed by atoms with Gasteiger partial charge in [0.1, 0.15) is 0 Å². The van der Waals surface area contributed by atoms with Crippen LogP contribution in [0.15, 0.2) is 24.3 Å². The van der Waals surface area contributed by atoms with E-state index in [2.05, 4.69) is 5.32 Å². The van der Waals surface area contributed by atoms with Crippen molar-refractivity contribution in [3.63, 3.8) is 0 Å². The van der Waals surface area contributed by atoms with Crippen molar-refractivity contribution in [2.75, 3.05) is 26.5 Å². The minimum atomic E-state index is -0.402. The molecule has 3 N–H and O–H groups in total. The normalized spacial score (nSPS) is 10.6. The van der Waals surface area contributed by atoms with Crippen LogP contribution in [0.25, 0.3) is 0 Å². The number of amides is 1. The Kier molecular flexibility index (Phi) is 6.18. The molecule has 0 aromatic heterocycles. The highest BCUT2D eigenvalue weighted by atomic mass is 16.7. The van der Waals surface area contributed by atoms with Gasteiger partial charge in [-0.3, -0.25) is 4.79 Å². The molecule has 1 aromatic carbocycles. The minimum Gasteiger partial charge on any atom is -0.399 e. The van der Waals surface area contributed by atoms with Crippen LogP contribution in [0.1, 0.15) is 12.0 Å². The van der Waals surface area contributed by atoms with Crippen molar-refractivity contribution in [3.8, 4) is 0 Å². The van der Waals surface area contributed by atoms with Gasteiger partial charge in [0.05, 0.1) is 6.54 Å². The van der Waals surface area contributed by atoms with E-state index in [1.807, 2.05) is 24.3 Å². The van der Waals surface area contributed by atoms with Crippen molar-refractivity contribution in [3.05, 3.63) is 29.8 Å². The maximum atomic E-state index is 11.6. The quantitative estimate of drug-likeness (QED) is 0.559. The fourth-order valence-electron chi connectivity index (χ4n) is 1.55. The lowest BCUT2D eigenvalue weighted by atomic mass is 10.1. The molecule has 1 aromatic rings. The van der Waals surface area contributed by atoms with Crippen molar-refractivity contribution in [1.82, 2.24) is 5.32 Å². The first-order valence-electron chi connectivity index (χ1n) is 5.82. The van der Waals surface area contributed by atoms with E-state index in [0.717, 1.165) is 5.56 Å². The van der Waals surface area contributed by atoms with Crippen LogP contribution in [-0.2, 0) is 20.7 Å². The molecule has 1 amide bonds. The molecule has 0 bridgehead atoms. The number of methoxy groups -OCH3 is 2. The van der Waals surface area contributed by atoms with E-state index in [9.17, 15) is 4.79 Å². The third kappa shape index (κ3) is 5.16. The van der Waals surface area contributed by atoms with Crippen LogP contribution in [0.4, 0.5) is 5.69 Å². The molecule has 0 atom stereocenters. The van der Waals surface area contributed by atoms with E-state index < -0.39 is 6.29 Å². The lowest BCUT2D eigenvalue weighted by molar-refractivity contribution is -0.127. The molecular weight excluding hydrogens is 232 g/mol. The summed E-state index contributed by atoms with van der Waals surface area (Å²) in [5.41, 5.74) is 7.44. The molecule has 5 nitrogen and oxygen atoms in total. The Morgan fingerprint density at radius 3 is 2.72 bits per heavy atom. The maximum Gasteiger partial charge on any atom is 0.220 e. The highest BCUT2D eigenvalue weighted by molar-refractivity contribution is 5.76. The van der Waals surface area contributed by atoms with E-state index in [-0.39, 0.29) is 5.91 Å². The number of nitrogens with one attached hydrogen (secondary N) is 1. The Labute approximate surface area is 107 Å². The maximum absolute atomic E-state index is 11.6. The largest absolute Gasteiger partial charge is 0.399 e. The molecule has 18 heavy (non-hydrogen) atoms. The molecule has 0 heterocycles. The fraction of sp³-hybridized carbons (Fsp3) is 0.462. The summed E-state index contributed by atoms with van der Waals surface area (Å²) in [4.78, 5) is 11.6. The van der Waals surface area contributed by atoms with Crippen LogP contribution in [0.3, 0.4) is 0 Å². The zero-order chi connectivity index (χ0) is 13.4. The number of ether oxygens (including phenoxy) is 2. The second-order valence-corrected chi connectivity index (χ2v) is 3.95. The average Bonchev–Trinajstić information content (AvgIpc) is 2.37. The first-order chi connectivity index (χ1) is 8.65. The van der Waals surface area contributed by atoms with E-state index in [0.29, 0.717) is 25.1 Å². The SMILES string of the molecule is COC(CNC(=O)CCc1cccc(N)c1)OC. The molecule has 100 valence electrons. The third-order valence-electron chi connectivity index (χ3n) is 2.58. The Morgan fingerprint density at radius 1 is 1.39 bits per heavy atom. The lowest BCUT2D eigenvalue weighted by Gasteiger charge is -2.13. The van der Waals surface area contributed by atoms with E-state index >= 15 is 0 Å². The molecule has 0 saturated carbocycles. The Bertz CT molecular complexity index is 378. The number of anilines is 1. The molecule has 0 radical (unpaired) electrons. The van der Waals surface area contributed by atoms with Gasteiger partial charge in [0.25, 0.3) is 0 Å². The molecule has 0 unspecified atom stereocenters. The van der Waals surface area contributed by atoms with Gasteiger partial charge in [0.15, 0.2) is 6.29 Å². The van der Waals surface area contributed by atoms with Gasteiger partial charge in [0.2, 0.25) is 5.91 Å². The van der Waals surface area contributed by atoms with Gasteiger partial charge in [0, 0.05) is 26.3 Å². The number of nitrogen functional groups attached to an aromatic ring is 1. The third-order valence-corrected chi connectivity index (χ3v) is 2.58. The second-order valence-electron chi connectivity index (χ2n) is 3.95. The van der Waals surface area contributed by atoms with Gasteiger partial charge in [-0.25, -0.2) is 0 Å². The summed E-state index contributed by atoms with van der Waals surface area (Å²) in [7, 11) is 3.07. The zero-order valence-corrected chi connectivity index (χ0v) is 10.8. The molecule has 0 aliphatic carbocycles. The average molecular weight is 252 g/mol. The molecule has 0 fully saturated rings. The number of carbonyl (C=O) groups is 1. The topological polar surface area (TPSA) is 73.6 Å². The summed E-state index contributed by atoms with van der Waals surface area (Å²) >= 11 is 0. The van der Waals surface area contributed by atoms with Crippen LogP contribution < -0.4 is 11.1 Å². The van der Waals surface area contributed by atoms with Gasteiger partial charge < -0.3 is 20.5 Å². The summed E-state index contributed by atoms with van der Waals surface area (Å²) in [6, 6.07) is 7.54. The zero-order valence-electron chi connectivity index (χ0n) is 10.8. The predicted molar refractivity (Wildman–Crippen MR) is 70.0 cm³/mol. The molecule has 0 aliphatic rings. The summed E-state index contributed by atoms with van der Waals surface area (Å²) in [5.74, 6) is -0.0310. The number of benzene rings is 1. The van der Waals surface area contributed by atoms with Crippen LogP contribution in [0, 0.1) is 0 Å². The van der Waals surface area contributed by atoms with Gasteiger partial charge in [-0.15, -0.1) is 0 Å².